The molecule has 0 spiro atoms. The molecule has 3 aromatic carbocycles. The first-order chi connectivity index (χ1) is 21.5. The fourth-order valence-corrected chi connectivity index (χ4v) is 5.98. The highest BCUT2D eigenvalue weighted by Gasteiger charge is 2.35. The third-order valence-electron chi connectivity index (χ3n) is 7.23. The molecule has 0 aliphatic carbocycles. The van der Waals surface area contributed by atoms with E-state index in [0.717, 1.165) is 4.31 Å². The summed E-state index contributed by atoms with van der Waals surface area (Å²) in [6.07, 6.45) is 1.14. The van der Waals surface area contributed by atoms with Crippen molar-refractivity contribution in [3.63, 3.8) is 0 Å². The number of hydrogen-bond acceptors (Lipinski definition) is 8. The van der Waals surface area contributed by atoms with E-state index in [-0.39, 0.29) is 23.6 Å². The van der Waals surface area contributed by atoms with Gasteiger partial charge < -0.3 is 33.0 Å². The maximum Gasteiger partial charge on any atom is 0.244 e. The van der Waals surface area contributed by atoms with Crippen LogP contribution in [0.3, 0.4) is 0 Å². The number of nitrogens with one attached hydrogen (secondary N) is 2. The van der Waals surface area contributed by atoms with Crippen molar-refractivity contribution in [1.82, 2.24) is 14.9 Å². The highest BCUT2D eigenvalue weighted by atomic mass is 32.2. The van der Waals surface area contributed by atoms with Gasteiger partial charge in [-0.3, -0.25) is 14.4 Å². The minimum atomic E-state index is -4.15. The molecule has 0 saturated carbocycles. The zero-order valence-electron chi connectivity index (χ0n) is 24.9. The molecule has 0 bridgehead atoms. The van der Waals surface area contributed by atoms with Gasteiger partial charge in [-0.05, 0) is 55.5 Å². The van der Waals surface area contributed by atoms with Gasteiger partial charge >= 0.3 is 0 Å². The minimum absolute atomic E-state index is 0.0167. The lowest BCUT2D eigenvalue weighted by molar-refractivity contribution is -0.132. The second-order valence-corrected chi connectivity index (χ2v) is 12.3. The van der Waals surface area contributed by atoms with E-state index >= 15 is 0 Å². The first kappa shape index (κ1) is 34.7. The minimum Gasteiger partial charge on any atom is -0.409 e. The Morgan fingerprint density at radius 1 is 0.867 bits per heavy atom. The first-order valence-corrected chi connectivity index (χ1v) is 15.7. The number of carbonyl (C=O) groups excluding carboxylic acids is 3. The number of sulfonamides is 1. The molecule has 0 aromatic heterocycles. The second-order valence-electron chi connectivity index (χ2n) is 10.3. The Hall–Kier alpha value is -4.79. The van der Waals surface area contributed by atoms with Gasteiger partial charge in [0.05, 0.1) is 4.90 Å². The Balaban J connectivity index is 1.94. The number of nitrogens with two attached hydrogens (primary N) is 3. The number of rotatable bonds is 16. The lowest BCUT2D eigenvalue weighted by atomic mass is 10.0. The number of benzene rings is 3. The van der Waals surface area contributed by atoms with Crippen LogP contribution in [0.5, 0.6) is 0 Å². The molecule has 3 rings (SSSR count). The van der Waals surface area contributed by atoms with Crippen molar-refractivity contribution in [3.05, 3.63) is 102 Å². The second kappa shape index (κ2) is 16.3. The standard InChI is InChI=1S/C31H39N7O6S/c1-38(45(43,44)24-12-6-3-7-13-24)26(20-21-15-17-23(18-16-21)28(33)37-42)31(41)35-25(14-8-9-19-32)30(40)36-27(29(34)39)22-10-4-2-5-11-22/h2-7,10-13,15-18,25-27,42H,8-9,14,19-20,32H2,1H3,(H2,33,37)(H2,34,39)(H,35,41)(H,36,40)/t25-,26-,27+/m0/s1. The molecule has 0 saturated heterocycles. The van der Waals surface area contributed by atoms with E-state index in [0.29, 0.717) is 36.1 Å². The number of nitrogens with zero attached hydrogens (tertiary/aromatic N) is 2. The van der Waals surface area contributed by atoms with Crippen LogP contribution in [0.15, 0.2) is 95.0 Å². The zero-order chi connectivity index (χ0) is 33.0. The van der Waals surface area contributed by atoms with Gasteiger partial charge in [0, 0.05) is 12.6 Å². The predicted octanol–water partition coefficient (Wildman–Crippen LogP) is 0.970. The molecule has 0 aliphatic rings. The molecule has 0 heterocycles. The number of amides is 3. The van der Waals surface area contributed by atoms with Crippen molar-refractivity contribution >= 4 is 33.6 Å². The van der Waals surface area contributed by atoms with Gasteiger partial charge in [0.2, 0.25) is 27.7 Å². The normalized spacial score (nSPS) is 13.9. The van der Waals surface area contributed by atoms with Crippen LogP contribution in [0.1, 0.15) is 42.0 Å². The SMILES string of the molecule is CN([C@@H](Cc1ccc(/C(N)=N/O)cc1)C(=O)N[C@@H](CCCCN)C(=O)N[C@@H](C(N)=O)c1ccccc1)S(=O)(=O)c1ccccc1. The van der Waals surface area contributed by atoms with Crippen LogP contribution in [0, 0.1) is 0 Å². The highest BCUT2D eigenvalue weighted by molar-refractivity contribution is 7.89. The summed E-state index contributed by atoms with van der Waals surface area (Å²) in [6.45, 7) is 0.360. The van der Waals surface area contributed by atoms with Crippen LogP contribution in [0.25, 0.3) is 0 Å². The molecule has 240 valence electrons. The van der Waals surface area contributed by atoms with Gasteiger partial charge in [0.15, 0.2) is 5.84 Å². The summed E-state index contributed by atoms with van der Waals surface area (Å²) in [6, 6.07) is 18.9. The van der Waals surface area contributed by atoms with Gasteiger partial charge in [0.25, 0.3) is 0 Å². The summed E-state index contributed by atoms with van der Waals surface area (Å²) < 4.78 is 28.2. The van der Waals surface area contributed by atoms with E-state index in [1.165, 1.54) is 19.2 Å². The Morgan fingerprint density at radius 2 is 1.47 bits per heavy atom. The predicted molar refractivity (Wildman–Crippen MR) is 169 cm³/mol. The van der Waals surface area contributed by atoms with E-state index in [1.807, 2.05) is 0 Å². The molecule has 0 radical (unpaired) electrons. The summed E-state index contributed by atoms with van der Waals surface area (Å²) in [5.41, 5.74) is 18.4. The summed E-state index contributed by atoms with van der Waals surface area (Å²) >= 11 is 0. The monoisotopic (exact) mass is 637 g/mol. The molecule has 9 N–H and O–H groups in total. The summed E-state index contributed by atoms with van der Waals surface area (Å²) in [4.78, 5) is 39.7. The third-order valence-corrected chi connectivity index (χ3v) is 9.11. The lowest BCUT2D eigenvalue weighted by Gasteiger charge is -2.29. The summed E-state index contributed by atoms with van der Waals surface area (Å²) in [5.74, 6) is -2.30. The van der Waals surface area contributed by atoms with E-state index in [1.54, 1.807) is 72.8 Å². The van der Waals surface area contributed by atoms with E-state index in [4.69, 9.17) is 22.4 Å². The van der Waals surface area contributed by atoms with Crippen molar-refractivity contribution in [2.24, 2.45) is 22.4 Å². The van der Waals surface area contributed by atoms with E-state index in [2.05, 4.69) is 15.8 Å². The third kappa shape index (κ3) is 9.35. The topological polar surface area (TPSA) is 223 Å². The number of primary amides is 1. The fraction of sp³-hybridized carbons (Fsp3) is 0.290. The van der Waals surface area contributed by atoms with E-state index < -0.39 is 45.9 Å². The molecule has 13 nitrogen and oxygen atoms in total. The molecule has 0 unspecified atom stereocenters. The largest absolute Gasteiger partial charge is 0.409 e. The maximum atomic E-state index is 13.9. The van der Waals surface area contributed by atoms with Crippen molar-refractivity contribution < 1.29 is 28.0 Å². The fourth-order valence-electron chi connectivity index (χ4n) is 4.64. The van der Waals surface area contributed by atoms with Crippen molar-refractivity contribution in [2.75, 3.05) is 13.6 Å². The molecule has 3 atom stereocenters. The van der Waals surface area contributed by atoms with Crippen molar-refractivity contribution in [1.29, 1.82) is 0 Å². The smallest absolute Gasteiger partial charge is 0.244 e. The quantitative estimate of drug-likeness (QED) is 0.0435. The average molecular weight is 638 g/mol. The Kier molecular flexibility index (Phi) is 12.6. The molecule has 3 amide bonds. The molecule has 0 fully saturated rings. The van der Waals surface area contributed by atoms with Crippen LogP contribution in [0.4, 0.5) is 0 Å². The Labute approximate surface area is 262 Å². The number of hydrogen-bond donors (Lipinski definition) is 6. The zero-order valence-corrected chi connectivity index (χ0v) is 25.7. The average Bonchev–Trinajstić information content (AvgIpc) is 3.05. The summed E-state index contributed by atoms with van der Waals surface area (Å²) in [5, 5.41) is 17.3. The first-order valence-electron chi connectivity index (χ1n) is 14.2. The molecular formula is C31H39N7O6S. The lowest BCUT2D eigenvalue weighted by Crippen LogP contribution is -2.55. The van der Waals surface area contributed by atoms with Crippen molar-refractivity contribution in [3.8, 4) is 0 Å². The number of likely N-dealkylation sites (N-methyl/N-ethyl adjacent to an activating group) is 1. The van der Waals surface area contributed by atoms with Crippen LogP contribution >= 0.6 is 0 Å². The number of oxime groups is 1. The number of carbonyl (C=O) groups is 3. The highest BCUT2D eigenvalue weighted by Crippen LogP contribution is 2.20. The van der Waals surface area contributed by atoms with Gasteiger partial charge in [-0.15, -0.1) is 0 Å². The van der Waals surface area contributed by atoms with Gasteiger partial charge in [-0.2, -0.15) is 4.31 Å². The van der Waals surface area contributed by atoms with E-state index in [9.17, 15) is 22.8 Å². The number of amidine groups is 1. The molecule has 45 heavy (non-hydrogen) atoms. The van der Waals surface area contributed by atoms with Crippen LogP contribution < -0.4 is 27.8 Å². The van der Waals surface area contributed by atoms with Crippen LogP contribution in [0.2, 0.25) is 0 Å². The van der Waals surface area contributed by atoms with Gasteiger partial charge in [0.1, 0.15) is 18.1 Å². The maximum absolute atomic E-state index is 13.9. The number of unbranched alkanes of at least 4 members (excludes halogenated alkanes) is 1. The van der Waals surface area contributed by atoms with Crippen LogP contribution in [-0.4, -0.2) is 67.2 Å². The Morgan fingerprint density at radius 3 is 2.02 bits per heavy atom. The molecule has 0 aliphatic heterocycles. The van der Waals surface area contributed by atoms with Gasteiger partial charge in [-0.1, -0.05) is 78.0 Å². The summed E-state index contributed by atoms with van der Waals surface area (Å²) in [7, 11) is -2.86. The van der Waals surface area contributed by atoms with Crippen LogP contribution in [-0.2, 0) is 30.8 Å². The Bertz CT molecular complexity index is 1570. The molecule has 14 heteroatoms. The molecular weight excluding hydrogens is 598 g/mol. The van der Waals surface area contributed by atoms with Gasteiger partial charge in [-0.25, -0.2) is 8.42 Å². The van der Waals surface area contributed by atoms with Crippen molar-refractivity contribution in [2.45, 2.75) is 48.7 Å². The molecule has 3 aromatic rings.